The summed E-state index contributed by atoms with van der Waals surface area (Å²) in [6.07, 6.45) is 2.64. The summed E-state index contributed by atoms with van der Waals surface area (Å²) in [6.45, 7) is 0.292. The first kappa shape index (κ1) is 19.8. The highest BCUT2D eigenvalue weighted by molar-refractivity contribution is 6.00. The van der Waals surface area contributed by atoms with Crippen LogP contribution in [0.4, 0.5) is 0 Å². The fourth-order valence-corrected chi connectivity index (χ4v) is 3.31. The lowest BCUT2D eigenvalue weighted by molar-refractivity contribution is 0.0961. The SMILES string of the molecule is CNC(=O)c1cc(C(=O)CC2CC2CO)cn(Cc2cccc(OC)c2)c1=O. The van der Waals surface area contributed by atoms with Crippen LogP contribution in [0.2, 0.25) is 0 Å². The van der Waals surface area contributed by atoms with E-state index in [9.17, 15) is 19.5 Å². The van der Waals surface area contributed by atoms with Crippen molar-refractivity contribution in [2.24, 2.45) is 11.8 Å². The van der Waals surface area contributed by atoms with Crippen molar-refractivity contribution in [2.45, 2.75) is 19.4 Å². The van der Waals surface area contributed by atoms with E-state index in [0.717, 1.165) is 12.0 Å². The Morgan fingerprint density at radius 2 is 2.07 bits per heavy atom. The first-order valence-electron chi connectivity index (χ1n) is 9.20. The number of nitrogens with one attached hydrogen (secondary N) is 1. The summed E-state index contributed by atoms with van der Waals surface area (Å²) in [4.78, 5) is 37.6. The summed E-state index contributed by atoms with van der Waals surface area (Å²) in [7, 11) is 3.00. The summed E-state index contributed by atoms with van der Waals surface area (Å²) < 4.78 is 6.59. The highest BCUT2D eigenvalue weighted by Crippen LogP contribution is 2.41. The third kappa shape index (κ3) is 4.31. The number of hydrogen-bond donors (Lipinski definition) is 2. The lowest BCUT2D eigenvalue weighted by Crippen LogP contribution is -2.32. The number of aromatic nitrogens is 1. The molecule has 1 aromatic carbocycles. The van der Waals surface area contributed by atoms with Crippen LogP contribution in [0.25, 0.3) is 0 Å². The Hall–Kier alpha value is -2.93. The van der Waals surface area contributed by atoms with E-state index in [-0.39, 0.29) is 36.3 Å². The Labute approximate surface area is 163 Å². The molecule has 7 nitrogen and oxygen atoms in total. The number of pyridine rings is 1. The fourth-order valence-electron chi connectivity index (χ4n) is 3.31. The number of ketones is 1. The number of aliphatic hydroxyl groups is 1. The zero-order chi connectivity index (χ0) is 20.3. The number of amides is 1. The van der Waals surface area contributed by atoms with Crippen molar-refractivity contribution in [3.05, 3.63) is 63.6 Å². The Bertz CT molecular complexity index is 950. The van der Waals surface area contributed by atoms with E-state index in [0.29, 0.717) is 17.7 Å². The van der Waals surface area contributed by atoms with Crippen LogP contribution in [-0.2, 0) is 6.54 Å². The van der Waals surface area contributed by atoms with Gasteiger partial charge < -0.3 is 19.7 Å². The largest absolute Gasteiger partial charge is 0.497 e. The van der Waals surface area contributed by atoms with Gasteiger partial charge in [0, 0.05) is 31.8 Å². The minimum atomic E-state index is -0.529. The van der Waals surface area contributed by atoms with Crippen molar-refractivity contribution in [3.63, 3.8) is 0 Å². The van der Waals surface area contributed by atoms with Gasteiger partial charge in [0.15, 0.2) is 5.78 Å². The van der Waals surface area contributed by atoms with Crippen LogP contribution in [0.5, 0.6) is 5.75 Å². The fraction of sp³-hybridized carbons (Fsp3) is 0.381. The van der Waals surface area contributed by atoms with Crippen LogP contribution in [0.1, 0.15) is 39.1 Å². The smallest absolute Gasteiger partial charge is 0.263 e. The predicted octanol–water partition coefficient (Wildman–Crippen LogP) is 1.47. The number of carbonyl (C=O) groups is 2. The van der Waals surface area contributed by atoms with E-state index >= 15 is 0 Å². The molecule has 2 aromatic rings. The number of aliphatic hydroxyl groups excluding tert-OH is 1. The lowest BCUT2D eigenvalue weighted by atomic mass is 10.0. The van der Waals surface area contributed by atoms with Gasteiger partial charge in [-0.05, 0) is 42.0 Å². The van der Waals surface area contributed by atoms with Crippen LogP contribution >= 0.6 is 0 Å². The second-order valence-electron chi connectivity index (χ2n) is 7.07. The maximum Gasteiger partial charge on any atom is 0.263 e. The molecule has 2 N–H and O–H groups in total. The maximum atomic E-state index is 12.8. The maximum absolute atomic E-state index is 12.8. The Morgan fingerprint density at radius 1 is 1.29 bits per heavy atom. The monoisotopic (exact) mass is 384 g/mol. The molecule has 1 saturated carbocycles. The number of nitrogens with zero attached hydrogens (tertiary/aromatic N) is 1. The zero-order valence-corrected chi connectivity index (χ0v) is 16.0. The molecule has 1 heterocycles. The van der Waals surface area contributed by atoms with E-state index in [4.69, 9.17) is 4.74 Å². The van der Waals surface area contributed by atoms with Crippen molar-refractivity contribution in [3.8, 4) is 5.75 Å². The third-order valence-electron chi connectivity index (χ3n) is 5.12. The molecule has 28 heavy (non-hydrogen) atoms. The van der Waals surface area contributed by atoms with Gasteiger partial charge in [-0.1, -0.05) is 12.1 Å². The van der Waals surface area contributed by atoms with Crippen LogP contribution in [0, 0.1) is 11.8 Å². The third-order valence-corrected chi connectivity index (χ3v) is 5.12. The van der Waals surface area contributed by atoms with Crippen LogP contribution in [-0.4, -0.2) is 42.1 Å². The van der Waals surface area contributed by atoms with Crippen LogP contribution in [0.3, 0.4) is 0 Å². The molecule has 1 aliphatic carbocycles. The molecule has 0 saturated heterocycles. The van der Waals surface area contributed by atoms with Crippen LogP contribution in [0.15, 0.2) is 41.3 Å². The highest BCUT2D eigenvalue weighted by atomic mass is 16.5. The molecule has 1 aromatic heterocycles. The van der Waals surface area contributed by atoms with Crippen LogP contribution < -0.4 is 15.6 Å². The second-order valence-corrected chi connectivity index (χ2v) is 7.07. The van der Waals surface area contributed by atoms with Crippen molar-refractivity contribution in [2.75, 3.05) is 20.8 Å². The normalized spacial score (nSPS) is 17.8. The minimum absolute atomic E-state index is 0.0641. The average molecular weight is 384 g/mol. The summed E-state index contributed by atoms with van der Waals surface area (Å²) >= 11 is 0. The number of Topliss-reactive ketones (excluding diaryl/α,β-unsaturated/α-hetero) is 1. The van der Waals surface area contributed by atoms with E-state index in [1.165, 1.54) is 23.9 Å². The number of benzene rings is 1. The van der Waals surface area contributed by atoms with Gasteiger partial charge in [0.1, 0.15) is 11.3 Å². The number of rotatable bonds is 8. The molecular weight excluding hydrogens is 360 g/mol. The number of methoxy groups -OCH3 is 1. The number of ether oxygens (including phenoxy) is 1. The van der Waals surface area contributed by atoms with E-state index in [1.807, 2.05) is 12.1 Å². The molecule has 0 aliphatic heterocycles. The Morgan fingerprint density at radius 3 is 2.71 bits per heavy atom. The second kappa shape index (κ2) is 8.39. The molecule has 0 spiro atoms. The highest BCUT2D eigenvalue weighted by Gasteiger charge is 2.38. The first-order chi connectivity index (χ1) is 13.5. The quantitative estimate of drug-likeness (QED) is 0.672. The topological polar surface area (TPSA) is 97.6 Å². The number of hydrogen-bond acceptors (Lipinski definition) is 5. The summed E-state index contributed by atoms with van der Waals surface area (Å²) in [5.74, 6) is 0.335. The Kier molecular flexibility index (Phi) is 5.94. The molecule has 7 heteroatoms. The lowest BCUT2D eigenvalue weighted by Gasteiger charge is -2.12. The van der Waals surface area contributed by atoms with E-state index in [2.05, 4.69) is 5.32 Å². The zero-order valence-electron chi connectivity index (χ0n) is 16.0. The molecule has 148 valence electrons. The molecule has 2 unspecified atom stereocenters. The van der Waals surface area contributed by atoms with E-state index in [1.54, 1.807) is 19.2 Å². The molecule has 0 bridgehead atoms. The van der Waals surface area contributed by atoms with Gasteiger partial charge >= 0.3 is 0 Å². The van der Waals surface area contributed by atoms with Gasteiger partial charge in [-0.15, -0.1) is 0 Å². The molecule has 1 fully saturated rings. The summed E-state index contributed by atoms with van der Waals surface area (Å²) in [6, 6.07) is 8.63. The molecule has 2 atom stereocenters. The molecule has 1 amide bonds. The predicted molar refractivity (Wildman–Crippen MR) is 104 cm³/mol. The summed E-state index contributed by atoms with van der Waals surface area (Å²) in [5.41, 5.74) is 0.616. The molecule has 1 aliphatic rings. The van der Waals surface area contributed by atoms with Gasteiger partial charge in [-0.2, -0.15) is 0 Å². The van der Waals surface area contributed by atoms with Gasteiger partial charge in [-0.25, -0.2) is 0 Å². The summed E-state index contributed by atoms with van der Waals surface area (Å²) in [5, 5.41) is 11.6. The average Bonchev–Trinajstić information content (AvgIpc) is 3.47. The van der Waals surface area contributed by atoms with Crippen molar-refractivity contribution >= 4 is 11.7 Å². The van der Waals surface area contributed by atoms with Gasteiger partial charge in [0.25, 0.3) is 11.5 Å². The van der Waals surface area contributed by atoms with Gasteiger partial charge in [-0.3, -0.25) is 14.4 Å². The minimum Gasteiger partial charge on any atom is -0.497 e. The molecular formula is C21H24N2O5. The Balaban J connectivity index is 1.94. The van der Waals surface area contributed by atoms with Crippen molar-refractivity contribution in [1.29, 1.82) is 0 Å². The molecule has 0 radical (unpaired) electrons. The van der Waals surface area contributed by atoms with Gasteiger partial charge in [0.2, 0.25) is 0 Å². The van der Waals surface area contributed by atoms with E-state index < -0.39 is 11.5 Å². The first-order valence-corrected chi connectivity index (χ1v) is 9.20. The van der Waals surface area contributed by atoms with Gasteiger partial charge in [0.05, 0.1) is 13.7 Å². The number of carbonyl (C=O) groups excluding carboxylic acids is 2. The van der Waals surface area contributed by atoms with Crippen molar-refractivity contribution < 1.29 is 19.4 Å². The standard InChI is InChI=1S/C21H24N2O5/c1-22-20(26)18-8-15(19(25)9-14-7-16(14)12-24)11-23(21(18)27)10-13-4-3-5-17(6-13)28-2/h3-6,8,11,14,16,24H,7,9-10,12H2,1-2H3,(H,22,26). The molecule has 3 rings (SSSR count). The van der Waals surface area contributed by atoms with Crippen molar-refractivity contribution in [1.82, 2.24) is 9.88 Å².